The zero-order valence-corrected chi connectivity index (χ0v) is 15.2. The third kappa shape index (κ3) is 3.69. The Kier molecular flexibility index (Phi) is 4.87. The standard InChI is InChI=1S/C17H17ClN6O3/c18-13-3-1-12(2-4-13)9-24-16-15(20-21-24)17(26)23(11-19-16)10-14(25)22-5-7-27-8-6-22/h1-4,11H,5-10H2. The van der Waals surface area contributed by atoms with Crippen LogP contribution in [0.1, 0.15) is 5.56 Å². The average Bonchev–Trinajstić information content (AvgIpc) is 3.10. The van der Waals surface area contributed by atoms with Crippen LogP contribution < -0.4 is 5.56 Å². The summed E-state index contributed by atoms with van der Waals surface area (Å²) in [7, 11) is 0. The summed E-state index contributed by atoms with van der Waals surface area (Å²) >= 11 is 5.90. The maximum Gasteiger partial charge on any atom is 0.283 e. The second-order valence-corrected chi connectivity index (χ2v) is 6.65. The number of carbonyl (C=O) groups excluding carboxylic acids is 1. The fraction of sp³-hybridized carbons (Fsp3) is 0.353. The van der Waals surface area contributed by atoms with Crippen LogP contribution in [0.4, 0.5) is 0 Å². The Morgan fingerprint density at radius 3 is 2.67 bits per heavy atom. The number of hydrogen-bond acceptors (Lipinski definition) is 6. The number of hydrogen-bond donors (Lipinski definition) is 0. The highest BCUT2D eigenvalue weighted by Crippen LogP contribution is 2.12. The fourth-order valence-electron chi connectivity index (χ4n) is 2.93. The Morgan fingerprint density at radius 2 is 1.93 bits per heavy atom. The summed E-state index contributed by atoms with van der Waals surface area (Å²) in [5.41, 5.74) is 1.09. The summed E-state index contributed by atoms with van der Waals surface area (Å²) in [6.07, 6.45) is 1.37. The Morgan fingerprint density at radius 1 is 1.19 bits per heavy atom. The number of rotatable bonds is 4. The highest BCUT2D eigenvalue weighted by molar-refractivity contribution is 6.30. The van der Waals surface area contributed by atoms with Crippen LogP contribution in [-0.4, -0.2) is 61.7 Å². The summed E-state index contributed by atoms with van der Waals surface area (Å²) in [5.74, 6) is -0.143. The number of carbonyl (C=O) groups is 1. The van der Waals surface area contributed by atoms with E-state index in [2.05, 4.69) is 15.3 Å². The third-order valence-corrected chi connectivity index (χ3v) is 4.66. The fourth-order valence-corrected chi connectivity index (χ4v) is 3.05. The van der Waals surface area contributed by atoms with Gasteiger partial charge in [-0.2, -0.15) is 0 Å². The van der Waals surface area contributed by atoms with E-state index in [0.717, 1.165) is 5.56 Å². The van der Waals surface area contributed by atoms with E-state index < -0.39 is 0 Å². The van der Waals surface area contributed by atoms with Gasteiger partial charge in [0, 0.05) is 18.1 Å². The molecule has 3 heterocycles. The highest BCUT2D eigenvalue weighted by atomic mass is 35.5. The minimum atomic E-state index is -0.385. The predicted octanol–water partition coefficient (Wildman–Crippen LogP) is 0.548. The minimum Gasteiger partial charge on any atom is -0.378 e. The van der Waals surface area contributed by atoms with E-state index >= 15 is 0 Å². The van der Waals surface area contributed by atoms with E-state index in [9.17, 15) is 9.59 Å². The molecule has 1 aliphatic heterocycles. The summed E-state index contributed by atoms with van der Waals surface area (Å²) in [6, 6.07) is 7.32. The lowest BCUT2D eigenvalue weighted by atomic mass is 10.2. The first-order valence-corrected chi connectivity index (χ1v) is 8.88. The topological polar surface area (TPSA) is 95.1 Å². The molecule has 1 fully saturated rings. The molecule has 0 bridgehead atoms. The molecule has 0 aliphatic carbocycles. The molecule has 1 aliphatic rings. The predicted molar refractivity (Wildman–Crippen MR) is 97.5 cm³/mol. The van der Waals surface area contributed by atoms with Crippen molar-refractivity contribution in [2.45, 2.75) is 13.1 Å². The number of ether oxygens (including phenoxy) is 1. The van der Waals surface area contributed by atoms with E-state index in [1.54, 1.807) is 21.7 Å². The van der Waals surface area contributed by atoms with Crippen LogP contribution in [0.5, 0.6) is 0 Å². The molecule has 4 rings (SSSR count). The smallest absolute Gasteiger partial charge is 0.283 e. The largest absolute Gasteiger partial charge is 0.378 e. The molecule has 3 aromatic rings. The first kappa shape index (κ1) is 17.6. The molecule has 9 nitrogen and oxygen atoms in total. The molecule has 1 amide bonds. The van der Waals surface area contributed by atoms with Crippen molar-refractivity contribution >= 4 is 28.7 Å². The van der Waals surface area contributed by atoms with Gasteiger partial charge in [-0.05, 0) is 17.7 Å². The van der Waals surface area contributed by atoms with Gasteiger partial charge in [-0.15, -0.1) is 5.10 Å². The van der Waals surface area contributed by atoms with Gasteiger partial charge in [0.15, 0.2) is 11.2 Å². The van der Waals surface area contributed by atoms with Crippen molar-refractivity contribution in [2.24, 2.45) is 0 Å². The molecule has 10 heteroatoms. The van der Waals surface area contributed by atoms with E-state index in [1.807, 2.05) is 12.1 Å². The third-order valence-electron chi connectivity index (χ3n) is 4.41. The van der Waals surface area contributed by atoms with Crippen molar-refractivity contribution in [3.05, 3.63) is 51.5 Å². The van der Waals surface area contributed by atoms with Crippen molar-refractivity contribution in [3.8, 4) is 0 Å². The number of halogens is 1. The van der Waals surface area contributed by atoms with E-state index in [-0.39, 0.29) is 23.5 Å². The normalized spacial score (nSPS) is 14.6. The quantitative estimate of drug-likeness (QED) is 0.647. The van der Waals surface area contributed by atoms with Crippen LogP contribution >= 0.6 is 11.6 Å². The number of aromatic nitrogens is 5. The van der Waals surface area contributed by atoms with Gasteiger partial charge in [0.1, 0.15) is 12.9 Å². The summed E-state index contributed by atoms with van der Waals surface area (Å²) in [5, 5.41) is 8.63. The molecular weight excluding hydrogens is 372 g/mol. The molecule has 140 valence electrons. The Bertz CT molecular complexity index is 1020. The van der Waals surface area contributed by atoms with Crippen LogP contribution in [0.2, 0.25) is 5.02 Å². The lowest BCUT2D eigenvalue weighted by molar-refractivity contribution is -0.135. The van der Waals surface area contributed by atoms with Gasteiger partial charge >= 0.3 is 0 Å². The Labute approximate surface area is 159 Å². The number of benzene rings is 1. The minimum absolute atomic E-state index is 0.0776. The maximum absolute atomic E-state index is 12.7. The summed E-state index contributed by atoms with van der Waals surface area (Å²) in [4.78, 5) is 31.0. The van der Waals surface area contributed by atoms with Crippen LogP contribution in [0, 0.1) is 0 Å². The maximum atomic E-state index is 12.7. The number of amides is 1. The molecule has 27 heavy (non-hydrogen) atoms. The van der Waals surface area contributed by atoms with Crippen molar-refractivity contribution < 1.29 is 9.53 Å². The van der Waals surface area contributed by atoms with Gasteiger partial charge in [0.2, 0.25) is 5.91 Å². The van der Waals surface area contributed by atoms with Crippen molar-refractivity contribution in [1.82, 2.24) is 29.4 Å². The average molecular weight is 389 g/mol. The molecular formula is C17H17ClN6O3. The number of nitrogens with zero attached hydrogens (tertiary/aromatic N) is 6. The molecule has 0 atom stereocenters. The molecule has 1 saturated heterocycles. The van der Waals surface area contributed by atoms with Crippen molar-refractivity contribution in [2.75, 3.05) is 26.3 Å². The molecule has 2 aromatic heterocycles. The molecule has 0 saturated carbocycles. The van der Waals surface area contributed by atoms with Crippen LogP contribution in [0.15, 0.2) is 35.4 Å². The lowest BCUT2D eigenvalue weighted by Crippen LogP contribution is -2.43. The molecule has 0 unspecified atom stereocenters. The van der Waals surface area contributed by atoms with E-state index in [1.165, 1.54) is 10.9 Å². The van der Waals surface area contributed by atoms with E-state index in [4.69, 9.17) is 16.3 Å². The van der Waals surface area contributed by atoms with Crippen LogP contribution in [0.3, 0.4) is 0 Å². The van der Waals surface area contributed by atoms with Crippen LogP contribution in [-0.2, 0) is 22.6 Å². The SMILES string of the molecule is O=C(Cn1cnc2c(nnn2Cc2ccc(Cl)cc2)c1=O)N1CCOCC1. The number of fused-ring (bicyclic) bond motifs is 1. The Hall–Kier alpha value is -2.78. The molecule has 1 aromatic carbocycles. The Balaban J connectivity index is 1.56. The van der Waals surface area contributed by atoms with Gasteiger partial charge in [-0.25, -0.2) is 9.67 Å². The first-order chi connectivity index (χ1) is 13.1. The number of morpholine rings is 1. The second-order valence-electron chi connectivity index (χ2n) is 6.22. The molecule has 0 spiro atoms. The molecule has 0 radical (unpaired) electrons. The van der Waals surface area contributed by atoms with E-state index in [0.29, 0.717) is 43.5 Å². The van der Waals surface area contributed by atoms with Crippen molar-refractivity contribution in [3.63, 3.8) is 0 Å². The van der Waals surface area contributed by atoms with Gasteiger partial charge in [0.05, 0.1) is 19.8 Å². The monoisotopic (exact) mass is 388 g/mol. The van der Waals surface area contributed by atoms with Gasteiger partial charge in [0.25, 0.3) is 5.56 Å². The lowest BCUT2D eigenvalue weighted by Gasteiger charge is -2.26. The first-order valence-electron chi connectivity index (χ1n) is 8.50. The van der Waals surface area contributed by atoms with Gasteiger partial charge in [-0.1, -0.05) is 28.9 Å². The summed E-state index contributed by atoms with van der Waals surface area (Å²) in [6.45, 7) is 2.41. The van der Waals surface area contributed by atoms with Crippen molar-refractivity contribution in [1.29, 1.82) is 0 Å². The van der Waals surface area contributed by atoms with Gasteiger partial charge < -0.3 is 9.64 Å². The van der Waals surface area contributed by atoms with Crippen LogP contribution in [0.25, 0.3) is 11.2 Å². The summed E-state index contributed by atoms with van der Waals surface area (Å²) < 4.78 is 8.05. The molecule has 0 N–H and O–H groups in total. The highest BCUT2D eigenvalue weighted by Gasteiger charge is 2.19. The second kappa shape index (κ2) is 7.45. The van der Waals surface area contributed by atoms with Gasteiger partial charge in [-0.3, -0.25) is 14.2 Å². The zero-order chi connectivity index (χ0) is 18.8. The zero-order valence-electron chi connectivity index (χ0n) is 14.4.